The van der Waals surface area contributed by atoms with Crippen LogP contribution in [0, 0.1) is 0 Å². The van der Waals surface area contributed by atoms with Crippen molar-refractivity contribution >= 4 is 11.2 Å². The number of benzene rings is 1. The Balaban J connectivity index is 2.21. The molecule has 0 aliphatic rings. The average molecular weight is 269 g/mol. The monoisotopic (exact) mass is 269 g/mol. The van der Waals surface area contributed by atoms with Gasteiger partial charge in [-0.3, -0.25) is 0 Å². The minimum absolute atomic E-state index is 0.0407. The second-order valence-corrected chi connectivity index (χ2v) is 4.39. The van der Waals surface area contributed by atoms with Gasteiger partial charge in [0.2, 0.25) is 0 Å². The number of aromatic nitrogens is 3. The number of hydrogen-bond acceptors (Lipinski definition) is 4. The summed E-state index contributed by atoms with van der Waals surface area (Å²) in [5, 5.41) is 9.27. The summed E-state index contributed by atoms with van der Waals surface area (Å²) in [5.41, 5.74) is 2.54. The van der Waals surface area contributed by atoms with Crippen molar-refractivity contribution in [1.29, 1.82) is 0 Å². The maximum absolute atomic E-state index is 9.27. The lowest BCUT2D eigenvalue weighted by Crippen LogP contribution is -2.05. The summed E-state index contributed by atoms with van der Waals surface area (Å²) in [6.07, 6.45) is 1.73. The number of hydrogen-bond donors (Lipinski definition) is 1. The molecule has 0 spiro atoms. The predicted octanol–water partition coefficient (Wildman–Crippen LogP) is 2.10. The number of fused-ring (bicyclic) bond motifs is 1. The molecule has 0 amide bonds. The van der Waals surface area contributed by atoms with E-state index in [1.807, 2.05) is 41.0 Å². The van der Waals surface area contributed by atoms with E-state index in [0.29, 0.717) is 6.54 Å². The van der Waals surface area contributed by atoms with Crippen LogP contribution in [-0.4, -0.2) is 33.4 Å². The van der Waals surface area contributed by atoms with Crippen LogP contribution in [0.4, 0.5) is 0 Å². The van der Waals surface area contributed by atoms with Gasteiger partial charge in [0.05, 0.1) is 13.7 Å². The van der Waals surface area contributed by atoms with Crippen LogP contribution in [-0.2, 0) is 6.54 Å². The van der Waals surface area contributed by atoms with Crippen LogP contribution in [0.25, 0.3) is 22.6 Å². The topological polar surface area (TPSA) is 60.2 Å². The summed E-state index contributed by atoms with van der Waals surface area (Å²) in [6.45, 7) is 0.499. The molecule has 102 valence electrons. The summed E-state index contributed by atoms with van der Waals surface area (Å²) in [6, 6.07) is 11.5. The maximum atomic E-state index is 9.27. The Morgan fingerprint density at radius 2 is 2.15 bits per heavy atom. The third-order valence-electron chi connectivity index (χ3n) is 3.16. The van der Waals surface area contributed by atoms with Crippen LogP contribution in [0.3, 0.4) is 0 Å². The van der Waals surface area contributed by atoms with Crippen LogP contribution >= 0.6 is 0 Å². The van der Waals surface area contributed by atoms with Crippen molar-refractivity contribution in [3.05, 3.63) is 42.6 Å². The molecule has 1 aromatic carbocycles. The largest absolute Gasteiger partial charge is 0.497 e. The van der Waals surface area contributed by atoms with Gasteiger partial charge >= 0.3 is 0 Å². The fourth-order valence-electron chi connectivity index (χ4n) is 2.25. The molecule has 0 bridgehead atoms. The molecule has 2 heterocycles. The lowest BCUT2D eigenvalue weighted by molar-refractivity contribution is 0.278. The summed E-state index contributed by atoms with van der Waals surface area (Å²) in [7, 11) is 1.64. The van der Waals surface area contributed by atoms with Crippen molar-refractivity contribution in [3.8, 4) is 17.1 Å². The number of ether oxygens (including phenoxy) is 1. The first kappa shape index (κ1) is 12.6. The molecule has 3 aromatic rings. The number of pyridine rings is 1. The van der Waals surface area contributed by atoms with Crippen LogP contribution in [0.15, 0.2) is 42.6 Å². The third kappa shape index (κ3) is 2.12. The van der Waals surface area contributed by atoms with E-state index in [4.69, 9.17) is 4.74 Å². The minimum atomic E-state index is 0.0407. The Morgan fingerprint density at radius 3 is 2.95 bits per heavy atom. The van der Waals surface area contributed by atoms with E-state index in [0.717, 1.165) is 28.3 Å². The van der Waals surface area contributed by atoms with E-state index in [1.54, 1.807) is 13.3 Å². The van der Waals surface area contributed by atoms with Gasteiger partial charge in [0.1, 0.15) is 17.1 Å². The highest BCUT2D eigenvalue weighted by molar-refractivity contribution is 5.77. The molecule has 2 aromatic heterocycles. The lowest BCUT2D eigenvalue weighted by Gasteiger charge is -2.08. The van der Waals surface area contributed by atoms with Crippen molar-refractivity contribution in [2.45, 2.75) is 6.54 Å². The number of nitrogens with zero attached hydrogens (tertiary/aromatic N) is 3. The molecular weight excluding hydrogens is 254 g/mol. The fourth-order valence-corrected chi connectivity index (χ4v) is 2.25. The first-order valence-electron chi connectivity index (χ1n) is 6.40. The molecular formula is C15H15N3O2. The molecule has 0 saturated heterocycles. The van der Waals surface area contributed by atoms with Gasteiger partial charge in [-0.2, -0.15) is 0 Å². The van der Waals surface area contributed by atoms with Crippen molar-refractivity contribution in [1.82, 2.24) is 14.5 Å². The SMILES string of the molecule is COc1cccc(-c2nc3cccnc3n2CCO)c1. The zero-order valence-electron chi connectivity index (χ0n) is 11.2. The van der Waals surface area contributed by atoms with Gasteiger partial charge in [-0.1, -0.05) is 12.1 Å². The van der Waals surface area contributed by atoms with Gasteiger partial charge in [0.15, 0.2) is 5.65 Å². The number of imidazole rings is 1. The Labute approximate surface area is 116 Å². The Bertz CT molecular complexity index is 737. The highest BCUT2D eigenvalue weighted by Crippen LogP contribution is 2.26. The van der Waals surface area contributed by atoms with Crippen LogP contribution in [0.5, 0.6) is 5.75 Å². The van der Waals surface area contributed by atoms with E-state index in [9.17, 15) is 5.11 Å². The molecule has 0 unspecified atom stereocenters. The van der Waals surface area contributed by atoms with E-state index in [-0.39, 0.29) is 6.61 Å². The molecule has 0 fully saturated rings. The molecule has 20 heavy (non-hydrogen) atoms. The fraction of sp³-hybridized carbons (Fsp3) is 0.200. The number of rotatable bonds is 4. The minimum Gasteiger partial charge on any atom is -0.497 e. The first-order chi connectivity index (χ1) is 9.83. The predicted molar refractivity (Wildman–Crippen MR) is 76.6 cm³/mol. The second kappa shape index (κ2) is 5.30. The van der Waals surface area contributed by atoms with Crippen molar-refractivity contribution < 1.29 is 9.84 Å². The van der Waals surface area contributed by atoms with Gasteiger partial charge in [-0.15, -0.1) is 0 Å². The average Bonchev–Trinajstić information content (AvgIpc) is 2.87. The Hall–Kier alpha value is -2.40. The van der Waals surface area contributed by atoms with Gasteiger partial charge in [0.25, 0.3) is 0 Å². The number of aliphatic hydroxyl groups is 1. The zero-order chi connectivity index (χ0) is 13.9. The van der Waals surface area contributed by atoms with Crippen LogP contribution in [0.2, 0.25) is 0 Å². The number of aliphatic hydroxyl groups excluding tert-OH is 1. The molecule has 3 rings (SSSR count). The Kier molecular flexibility index (Phi) is 3.35. The van der Waals surface area contributed by atoms with Gasteiger partial charge in [-0.05, 0) is 24.3 Å². The van der Waals surface area contributed by atoms with Gasteiger partial charge in [0, 0.05) is 18.3 Å². The van der Waals surface area contributed by atoms with Crippen molar-refractivity contribution in [3.63, 3.8) is 0 Å². The summed E-state index contributed by atoms with van der Waals surface area (Å²) in [5.74, 6) is 1.56. The van der Waals surface area contributed by atoms with Gasteiger partial charge in [-0.25, -0.2) is 9.97 Å². The summed E-state index contributed by atoms with van der Waals surface area (Å²) >= 11 is 0. The second-order valence-electron chi connectivity index (χ2n) is 4.39. The van der Waals surface area contributed by atoms with E-state index in [1.165, 1.54) is 0 Å². The van der Waals surface area contributed by atoms with Gasteiger partial charge < -0.3 is 14.4 Å². The van der Waals surface area contributed by atoms with E-state index < -0.39 is 0 Å². The smallest absolute Gasteiger partial charge is 0.160 e. The molecule has 0 aliphatic heterocycles. The molecule has 0 radical (unpaired) electrons. The lowest BCUT2D eigenvalue weighted by atomic mass is 10.2. The molecule has 5 nitrogen and oxygen atoms in total. The highest BCUT2D eigenvalue weighted by Gasteiger charge is 2.13. The molecule has 0 saturated carbocycles. The molecule has 1 N–H and O–H groups in total. The van der Waals surface area contributed by atoms with Crippen LogP contribution < -0.4 is 4.74 Å². The quantitative estimate of drug-likeness (QED) is 0.788. The van der Waals surface area contributed by atoms with Crippen molar-refractivity contribution in [2.75, 3.05) is 13.7 Å². The normalized spacial score (nSPS) is 10.9. The summed E-state index contributed by atoms with van der Waals surface area (Å²) in [4.78, 5) is 8.96. The molecule has 5 heteroatoms. The maximum Gasteiger partial charge on any atom is 0.160 e. The third-order valence-corrected chi connectivity index (χ3v) is 3.16. The zero-order valence-corrected chi connectivity index (χ0v) is 11.2. The Morgan fingerprint density at radius 1 is 1.25 bits per heavy atom. The molecule has 0 atom stereocenters. The molecule has 0 aliphatic carbocycles. The number of methoxy groups -OCH3 is 1. The van der Waals surface area contributed by atoms with Crippen molar-refractivity contribution in [2.24, 2.45) is 0 Å². The van der Waals surface area contributed by atoms with Crippen LogP contribution in [0.1, 0.15) is 0 Å². The van der Waals surface area contributed by atoms with E-state index >= 15 is 0 Å². The first-order valence-corrected chi connectivity index (χ1v) is 6.40. The van der Waals surface area contributed by atoms with E-state index in [2.05, 4.69) is 9.97 Å². The standard InChI is InChI=1S/C15H15N3O2/c1-20-12-5-2-4-11(10-12)14-17-13-6-3-7-16-15(13)18(14)8-9-19/h2-7,10,19H,8-9H2,1H3. The highest BCUT2D eigenvalue weighted by atomic mass is 16.5. The summed E-state index contributed by atoms with van der Waals surface area (Å²) < 4.78 is 7.17.